The first-order valence-electron chi connectivity index (χ1n) is 10.0. The molecular weight excluding hydrogens is 412 g/mol. The van der Waals surface area contributed by atoms with Gasteiger partial charge in [0, 0.05) is 29.9 Å². The van der Waals surface area contributed by atoms with E-state index in [0.29, 0.717) is 29.8 Å². The Hall–Kier alpha value is -3.45. The van der Waals surface area contributed by atoms with Gasteiger partial charge in [-0.25, -0.2) is 8.42 Å². The van der Waals surface area contributed by atoms with Crippen molar-refractivity contribution in [3.8, 4) is 0 Å². The second-order valence-electron chi connectivity index (χ2n) is 7.43. The van der Waals surface area contributed by atoms with Crippen LogP contribution >= 0.6 is 0 Å². The quantitative estimate of drug-likeness (QED) is 0.635. The largest absolute Gasteiger partial charge is 0.322 e. The first-order valence-corrected chi connectivity index (χ1v) is 11.7. The van der Waals surface area contributed by atoms with E-state index in [2.05, 4.69) is 5.32 Å². The van der Waals surface area contributed by atoms with Crippen LogP contribution < -0.4 is 10.2 Å². The summed E-state index contributed by atoms with van der Waals surface area (Å²) in [4.78, 5) is 26.7. The van der Waals surface area contributed by atoms with Crippen molar-refractivity contribution >= 4 is 33.0 Å². The smallest absolute Gasteiger partial charge is 0.255 e. The summed E-state index contributed by atoms with van der Waals surface area (Å²) in [7, 11) is -3.50. The van der Waals surface area contributed by atoms with Crippen molar-refractivity contribution in [1.29, 1.82) is 0 Å². The number of benzene rings is 3. The summed E-state index contributed by atoms with van der Waals surface area (Å²) in [6.45, 7) is 0.675. The Morgan fingerprint density at radius 1 is 0.935 bits per heavy atom. The molecule has 0 unspecified atom stereocenters. The molecule has 0 saturated carbocycles. The van der Waals surface area contributed by atoms with Gasteiger partial charge in [0.2, 0.25) is 5.91 Å². The second-order valence-corrected chi connectivity index (χ2v) is 9.42. The fourth-order valence-electron chi connectivity index (χ4n) is 3.61. The lowest BCUT2D eigenvalue weighted by molar-refractivity contribution is -0.117. The summed E-state index contributed by atoms with van der Waals surface area (Å²) in [5.41, 5.74) is 2.23. The molecule has 1 aliphatic heterocycles. The van der Waals surface area contributed by atoms with Crippen molar-refractivity contribution in [2.75, 3.05) is 16.8 Å². The van der Waals surface area contributed by atoms with Gasteiger partial charge in [0.15, 0.2) is 9.84 Å². The van der Waals surface area contributed by atoms with E-state index in [0.717, 1.165) is 12.1 Å². The Kier molecular flexibility index (Phi) is 5.86. The fraction of sp³-hybridized carbons (Fsp3) is 0.167. The highest BCUT2D eigenvalue weighted by Crippen LogP contribution is 2.25. The Labute approximate surface area is 181 Å². The van der Waals surface area contributed by atoms with Gasteiger partial charge >= 0.3 is 0 Å². The van der Waals surface area contributed by atoms with E-state index in [4.69, 9.17) is 0 Å². The van der Waals surface area contributed by atoms with Crippen molar-refractivity contribution in [3.05, 3.63) is 90.0 Å². The van der Waals surface area contributed by atoms with Gasteiger partial charge in [0.25, 0.3) is 5.91 Å². The molecule has 1 N–H and O–H groups in total. The number of amides is 2. The van der Waals surface area contributed by atoms with Crippen LogP contribution in [-0.2, 0) is 20.4 Å². The molecular formula is C24H22N2O4S. The highest BCUT2D eigenvalue weighted by atomic mass is 32.2. The average Bonchev–Trinajstić information content (AvgIpc) is 3.20. The molecule has 0 spiro atoms. The molecule has 3 aromatic rings. The van der Waals surface area contributed by atoms with Gasteiger partial charge in [-0.3, -0.25) is 9.59 Å². The molecule has 158 valence electrons. The Bertz CT molecular complexity index is 1220. The zero-order valence-corrected chi connectivity index (χ0v) is 17.6. The van der Waals surface area contributed by atoms with E-state index in [1.807, 2.05) is 6.07 Å². The van der Waals surface area contributed by atoms with Gasteiger partial charge in [0.1, 0.15) is 0 Å². The molecule has 0 aromatic heterocycles. The number of rotatable bonds is 6. The van der Waals surface area contributed by atoms with Crippen molar-refractivity contribution < 1.29 is 18.0 Å². The molecule has 6 nitrogen and oxygen atoms in total. The Morgan fingerprint density at radius 2 is 1.71 bits per heavy atom. The van der Waals surface area contributed by atoms with Crippen LogP contribution in [0.1, 0.15) is 28.8 Å². The number of hydrogen-bond acceptors (Lipinski definition) is 4. The van der Waals surface area contributed by atoms with E-state index in [-0.39, 0.29) is 22.5 Å². The van der Waals surface area contributed by atoms with E-state index in [1.165, 1.54) is 0 Å². The third-order valence-electron chi connectivity index (χ3n) is 5.14. The van der Waals surface area contributed by atoms with Crippen LogP contribution in [0.2, 0.25) is 0 Å². The molecule has 3 aromatic carbocycles. The van der Waals surface area contributed by atoms with Crippen LogP contribution in [0.25, 0.3) is 0 Å². The number of nitrogens with one attached hydrogen (secondary N) is 1. The zero-order valence-electron chi connectivity index (χ0n) is 16.8. The number of sulfone groups is 1. The summed E-state index contributed by atoms with van der Waals surface area (Å²) in [6, 6.07) is 22.0. The molecule has 1 heterocycles. The molecule has 1 saturated heterocycles. The number of carbonyl (C=O) groups is 2. The second kappa shape index (κ2) is 8.73. The van der Waals surface area contributed by atoms with Gasteiger partial charge < -0.3 is 10.2 Å². The lowest BCUT2D eigenvalue weighted by Crippen LogP contribution is -2.23. The summed E-state index contributed by atoms with van der Waals surface area (Å²) in [6.07, 6.45) is 1.36. The Morgan fingerprint density at radius 3 is 2.45 bits per heavy atom. The number of nitrogens with zero attached hydrogens (tertiary/aromatic N) is 1. The SMILES string of the molecule is O=C(Nc1cccc(N2CCCC2=O)c1)c1cccc(CS(=O)(=O)c2ccccc2)c1. The number of anilines is 2. The van der Waals surface area contributed by atoms with Gasteiger partial charge in [0.05, 0.1) is 10.6 Å². The summed E-state index contributed by atoms with van der Waals surface area (Å²) >= 11 is 0. The standard InChI is InChI=1S/C24H22N2O4S/c27-23-13-6-14-26(23)21-10-5-9-20(16-21)25-24(28)19-8-4-7-18(15-19)17-31(29,30)22-11-2-1-3-12-22/h1-5,7-12,15-16H,6,13-14,17H2,(H,25,28). The average molecular weight is 435 g/mol. The minimum atomic E-state index is -3.50. The maximum absolute atomic E-state index is 12.8. The summed E-state index contributed by atoms with van der Waals surface area (Å²) in [5, 5.41) is 2.83. The summed E-state index contributed by atoms with van der Waals surface area (Å²) < 4.78 is 25.3. The van der Waals surface area contributed by atoms with E-state index in [9.17, 15) is 18.0 Å². The van der Waals surface area contributed by atoms with E-state index in [1.54, 1.807) is 77.7 Å². The molecule has 1 fully saturated rings. The maximum Gasteiger partial charge on any atom is 0.255 e. The first-order chi connectivity index (χ1) is 14.9. The molecule has 2 amide bonds. The van der Waals surface area contributed by atoms with Crippen molar-refractivity contribution in [2.45, 2.75) is 23.5 Å². The number of hydrogen-bond donors (Lipinski definition) is 1. The number of carbonyl (C=O) groups excluding carboxylic acids is 2. The highest BCUT2D eigenvalue weighted by Gasteiger charge is 2.22. The van der Waals surface area contributed by atoms with Gasteiger partial charge in [-0.2, -0.15) is 0 Å². The molecule has 31 heavy (non-hydrogen) atoms. The van der Waals surface area contributed by atoms with Crippen LogP contribution in [0.15, 0.2) is 83.8 Å². The minimum absolute atomic E-state index is 0.0794. The minimum Gasteiger partial charge on any atom is -0.322 e. The monoisotopic (exact) mass is 434 g/mol. The summed E-state index contributed by atoms with van der Waals surface area (Å²) in [5.74, 6) is -0.454. The predicted octanol–water partition coefficient (Wildman–Crippen LogP) is 4.04. The zero-order chi connectivity index (χ0) is 21.8. The lowest BCUT2D eigenvalue weighted by Gasteiger charge is -2.17. The molecule has 4 rings (SSSR count). The normalized spacial score (nSPS) is 13.9. The topological polar surface area (TPSA) is 83.6 Å². The molecule has 0 aliphatic carbocycles. The van der Waals surface area contributed by atoms with Gasteiger partial charge in [-0.1, -0.05) is 36.4 Å². The van der Waals surface area contributed by atoms with Crippen LogP contribution in [-0.4, -0.2) is 26.8 Å². The lowest BCUT2D eigenvalue weighted by atomic mass is 10.1. The van der Waals surface area contributed by atoms with Crippen LogP contribution in [0.3, 0.4) is 0 Å². The van der Waals surface area contributed by atoms with Crippen molar-refractivity contribution in [3.63, 3.8) is 0 Å². The first kappa shape index (κ1) is 20.8. The van der Waals surface area contributed by atoms with Crippen LogP contribution in [0.5, 0.6) is 0 Å². The van der Waals surface area contributed by atoms with Crippen LogP contribution in [0, 0.1) is 0 Å². The van der Waals surface area contributed by atoms with E-state index >= 15 is 0 Å². The third-order valence-corrected chi connectivity index (χ3v) is 6.84. The van der Waals surface area contributed by atoms with Crippen molar-refractivity contribution in [2.24, 2.45) is 0 Å². The molecule has 1 aliphatic rings. The Balaban J connectivity index is 1.49. The predicted molar refractivity (Wildman–Crippen MR) is 120 cm³/mol. The maximum atomic E-state index is 12.8. The van der Waals surface area contributed by atoms with Crippen LogP contribution in [0.4, 0.5) is 11.4 Å². The third kappa shape index (κ3) is 4.83. The molecule has 0 radical (unpaired) electrons. The highest BCUT2D eigenvalue weighted by molar-refractivity contribution is 7.90. The molecule has 7 heteroatoms. The molecule has 0 atom stereocenters. The van der Waals surface area contributed by atoms with Crippen molar-refractivity contribution in [1.82, 2.24) is 0 Å². The van der Waals surface area contributed by atoms with Gasteiger partial charge in [-0.05, 0) is 54.4 Å². The van der Waals surface area contributed by atoms with E-state index < -0.39 is 9.84 Å². The molecule has 0 bridgehead atoms. The fourth-order valence-corrected chi connectivity index (χ4v) is 4.97. The van der Waals surface area contributed by atoms with Gasteiger partial charge in [-0.15, -0.1) is 0 Å².